The van der Waals surface area contributed by atoms with Crippen LogP contribution >= 0.6 is 0 Å². The van der Waals surface area contributed by atoms with Crippen LogP contribution in [0.25, 0.3) is 65.4 Å². The van der Waals surface area contributed by atoms with Crippen molar-refractivity contribution in [2.75, 3.05) is 9.80 Å². The van der Waals surface area contributed by atoms with Crippen LogP contribution in [0.1, 0.15) is 27.8 Å². The molecule has 11 aromatic rings. The van der Waals surface area contributed by atoms with Crippen LogP contribution < -0.4 is 9.80 Å². The molecule has 284 valence electrons. The molecule has 0 radical (unpaired) electrons. The zero-order valence-corrected chi connectivity index (χ0v) is 33.8. The van der Waals surface area contributed by atoms with Crippen molar-refractivity contribution in [1.82, 2.24) is 0 Å². The number of benzene rings is 9. The van der Waals surface area contributed by atoms with Crippen molar-refractivity contribution in [2.24, 2.45) is 0 Å². The van der Waals surface area contributed by atoms with Crippen LogP contribution in [-0.4, -0.2) is 0 Å². The van der Waals surface area contributed by atoms with Gasteiger partial charge in [-0.05, 0) is 169 Å². The SMILES string of the molecule is Cc1ccc(C)c(N(c2ccccc2)c2ccc3cc4c(cc3c2)oc2c(C)c3c(cc24)oc2cc4cc(N(c5ccccc5)c5cc(C)ccc5C)ccc4cc23)c1. The van der Waals surface area contributed by atoms with Crippen LogP contribution in [0, 0.1) is 34.6 Å². The highest BCUT2D eigenvalue weighted by molar-refractivity contribution is 6.20. The molecule has 9 aromatic carbocycles. The third-order valence-electron chi connectivity index (χ3n) is 12.1. The van der Waals surface area contributed by atoms with Gasteiger partial charge >= 0.3 is 0 Å². The van der Waals surface area contributed by atoms with Crippen molar-refractivity contribution < 1.29 is 8.83 Å². The van der Waals surface area contributed by atoms with E-state index in [1.54, 1.807) is 0 Å². The molecule has 0 saturated carbocycles. The molecule has 0 aliphatic carbocycles. The number of furan rings is 2. The van der Waals surface area contributed by atoms with Crippen molar-refractivity contribution in [3.63, 3.8) is 0 Å². The summed E-state index contributed by atoms with van der Waals surface area (Å²) in [6.07, 6.45) is 0. The van der Waals surface area contributed by atoms with Gasteiger partial charge in [-0.1, -0.05) is 72.8 Å². The van der Waals surface area contributed by atoms with Gasteiger partial charge in [0.15, 0.2) is 0 Å². The second kappa shape index (κ2) is 13.4. The molecule has 0 aliphatic rings. The fourth-order valence-electron chi connectivity index (χ4n) is 9.05. The summed E-state index contributed by atoms with van der Waals surface area (Å²) in [5.74, 6) is 0. The Morgan fingerprint density at radius 3 is 1.41 bits per heavy atom. The summed E-state index contributed by atoms with van der Waals surface area (Å²) in [5, 5.41) is 8.91. The average molecular weight is 763 g/mol. The first-order valence-corrected chi connectivity index (χ1v) is 20.3. The summed E-state index contributed by atoms with van der Waals surface area (Å²) in [4.78, 5) is 4.70. The number of hydrogen-bond acceptors (Lipinski definition) is 4. The van der Waals surface area contributed by atoms with E-state index >= 15 is 0 Å². The number of aryl methyl sites for hydroxylation is 5. The molecule has 4 nitrogen and oxygen atoms in total. The molecule has 0 saturated heterocycles. The van der Waals surface area contributed by atoms with Crippen LogP contribution in [0.3, 0.4) is 0 Å². The molecule has 11 rings (SSSR count). The first-order valence-electron chi connectivity index (χ1n) is 20.3. The maximum atomic E-state index is 6.79. The Morgan fingerprint density at radius 1 is 0.356 bits per heavy atom. The van der Waals surface area contributed by atoms with E-state index in [0.29, 0.717) is 0 Å². The topological polar surface area (TPSA) is 32.8 Å². The standard InChI is InChI=1S/C55H42N2O2/c1-33-16-18-35(3)49(24-33)56(42-12-8-6-9-13-42)44-22-20-38-28-46-47-32-53-54(37(5)55(47)59-51(46)30-40(38)26-44)48-29-39-21-23-45(27-41(39)31-52(48)58-53)57(43-14-10-7-11-15-43)50-25-34(2)17-19-36(50)4/h6-32H,1-5H3. The number of rotatable bonds is 6. The Morgan fingerprint density at radius 2 is 0.864 bits per heavy atom. The van der Waals surface area contributed by atoms with Gasteiger partial charge in [-0.25, -0.2) is 0 Å². The molecule has 0 amide bonds. The predicted molar refractivity (Wildman–Crippen MR) is 249 cm³/mol. The maximum absolute atomic E-state index is 6.79. The molecule has 0 unspecified atom stereocenters. The van der Waals surface area contributed by atoms with Gasteiger partial charge < -0.3 is 18.6 Å². The Hall–Kier alpha value is -7.30. The summed E-state index contributed by atoms with van der Waals surface area (Å²) in [6, 6.07) is 59.1. The van der Waals surface area contributed by atoms with E-state index in [0.717, 1.165) is 93.7 Å². The normalized spacial score (nSPS) is 11.8. The van der Waals surface area contributed by atoms with E-state index in [1.165, 1.54) is 33.6 Å². The molecule has 0 fully saturated rings. The van der Waals surface area contributed by atoms with E-state index < -0.39 is 0 Å². The fraction of sp³-hybridized carbons (Fsp3) is 0.0909. The Bertz CT molecular complexity index is 3340. The van der Waals surface area contributed by atoms with Gasteiger partial charge in [0.1, 0.15) is 22.3 Å². The number of nitrogens with zero attached hydrogens (tertiary/aromatic N) is 2. The monoisotopic (exact) mass is 762 g/mol. The lowest BCUT2D eigenvalue weighted by Crippen LogP contribution is -2.11. The first-order chi connectivity index (χ1) is 28.8. The lowest BCUT2D eigenvalue weighted by atomic mass is 10.00. The highest BCUT2D eigenvalue weighted by Gasteiger charge is 2.21. The first kappa shape index (κ1) is 34.9. The van der Waals surface area contributed by atoms with Crippen LogP contribution in [0.2, 0.25) is 0 Å². The van der Waals surface area contributed by atoms with Crippen molar-refractivity contribution in [1.29, 1.82) is 0 Å². The van der Waals surface area contributed by atoms with Crippen LogP contribution in [0.15, 0.2) is 173 Å². The second-order valence-corrected chi connectivity index (χ2v) is 16.1. The number of para-hydroxylation sites is 2. The van der Waals surface area contributed by atoms with E-state index in [9.17, 15) is 0 Å². The minimum absolute atomic E-state index is 0.868. The summed E-state index contributed by atoms with van der Waals surface area (Å²) >= 11 is 0. The number of hydrogen-bond donors (Lipinski definition) is 0. The lowest BCUT2D eigenvalue weighted by Gasteiger charge is -2.27. The molecule has 4 heteroatoms. The fourth-order valence-corrected chi connectivity index (χ4v) is 9.05. The van der Waals surface area contributed by atoms with Gasteiger partial charge in [0, 0.05) is 61.2 Å². The highest BCUT2D eigenvalue weighted by Crippen LogP contribution is 2.45. The quantitative estimate of drug-likeness (QED) is 0.169. The molecule has 59 heavy (non-hydrogen) atoms. The molecular formula is C55H42N2O2. The van der Waals surface area contributed by atoms with E-state index in [2.05, 4.69) is 208 Å². The van der Waals surface area contributed by atoms with Crippen molar-refractivity contribution in [3.8, 4) is 0 Å². The molecule has 2 aromatic heterocycles. The molecule has 0 aliphatic heterocycles. The molecule has 0 spiro atoms. The molecule has 0 atom stereocenters. The van der Waals surface area contributed by atoms with E-state index in [4.69, 9.17) is 8.83 Å². The van der Waals surface area contributed by atoms with Crippen LogP contribution in [0.5, 0.6) is 0 Å². The van der Waals surface area contributed by atoms with Gasteiger partial charge in [0.05, 0.1) is 0 Å². The zero-order chi connectivity index (χ0) is 39.9. The van der Waals surface area contributed by atoms with E-state index in [-0.39, 0.29) is 0 Å². The van der Waals surface area contributed by atoms with Gasteiger partial charge in [0.2, 0.25) is 0 Å². The zero-order valence-electron chi connectivity index (χ0n) is 33.8. The Labute approximate surface area is 343 Å². The van der Waals surface area contributed by atoms with Crippen LogP contribution in [-0.2, 0) is 0 Å². The summed E-state index contributed by atoms with van der Waals surface area (Å²) < 4.78 is 13.5. The number of anilines is 6. The Kier molecular flexibility index (Phi) is 7.92. The third-order valence-corrected chi connectivity index (χ3v) is 12.1. The van der Waals surface area contributed by atoms with Crippen molar-refractivity contribution in [2.45, 2.75) is 34.6 Å². The van der Waals surface area contributed by atoms with Gasteiger partial charge in [0.25, 0.3) is 0 Å². The van der Waals surface area contributed by atoms with E-state index in [1.807, 2.05) is 0 Å². The predicted octanol–water partition coefficient (Wildman–Crippen LogP) is 16.3. The molecular weight excluding hydrogens is 721 g/mol. The molecule has 2 heterocycles. The smallest absolute Gasteiger partial charge is 0.139 e. The van der Waals surface area contributed by atoms with Gasteiger partial charge in [-0.15, -0.1) is 0 Å². The minimum atomic E-state index is 0.868. The Balaban J connectivity index is 1.03. The highest BCUT2D eigenvalue weighted by atomic mass is 16.3. The summed E-state index contributed by atoms with van der Waals surface area (Å²) in [6.45, 7) is 10.8. The number of fused-ring (bicyclic) bond motifs is 8. The van der Waals surface area contributed by atoms with Gasteiger partial charge in [-0.3, -0.25) is 0 Å². The van der Waals surface area contributed by atoms with Crippen molar-refractivity contribution >= 4 is 99.5 Å². The minimum Gasteiger partial charge on any atom is -0.456 e. The third kappa shape index (κ3) is 5.74. The molecule has 0 N–H and O–H groups in total. The maximum Gasteiger partial charge on any atom is 0.139 e. The largest absolute Gasteiger partial charge is 0.456 e. The van der Waals surface area contributed by atoms with Crippen molar-refractivity contribution in [3.05, 3.63) is 192 Å². The van der Waals surface area contributed by atoms with Crippen LogP contribution in [0.4, 0.5) is 34.1 Å². The molecule has 0 bridgehead atoms. The lowest BCUT2D eigenvalue weighted by molar-refractivity contribution is 0.662. The average Bonchev–Trinajstić information content (AvgIpc) is 3.80. The second-order valence-electron chi connectivity index (χ2n) is 16.1. The van der Waals surface area contributed by atoms with Gasteiger partial charge in [-0.2, -0.15) is 0 Å². The summed E-state index contributed by atoms with van der Waals surface area (Å²) in [5.41, 5.74) is 16.3. The summed E-state index contributed by atoms with van der Waals surface area (Å²) in [7, 11) is 0.